The quantitative estimate of drug-likeness (QED) is 0.492. The molecule has 0 saturated carbocycles. The lowest BCUT2D eigenvalue weighted by Crippen LogP contribution is -2.31. The van der Waals surface area contributed by atoms with E-state index in [1.807, 2.05) is 0 Å². The number of benzene rings is 1. The van der Waals surface area contributed by atoms with E-state index in [4.69, 9.17) is 14.2 Å². The number of phenolic OH excluding ortho intramolecular Hbond substituents is 1. The molecular weight excluding hydrogens is 450 g/mol. The number of hydrogen-bond donors (Lipinski definition) is 1. The molecule has 29 heavy (non-hydrogen) atoms. The van der Waals surface area contributed by atoms with Gasteiger partial charge >= 0.3 is 17.9 Å². The average Bonchev–Trinajstić information content (AvgIpc) is 2.73. The summed E-state index contributed by atoms with van der Waals surface area (Å²) in [5.41, 5.74) is 0.621. The van der Waals surface area contributed by atoms with Crippen molar-refractivity contribution < 1.29 is 38.4 Å². The largest absolute Gasteiger partial charge is 0.503 e. The number of methoxy groups -OCH3 is 4. The number of rotatable bonds is 6. The van der Waals surface area contributed by atoms with Crippen LogP contribution in [0.2, 0.25) is 0 Å². The van der Waals surface area contributed by atoms with Crippen molar-refractivity contribution in [1.29, 1.82) is 0 Å². The van der Waals surface area contributed by atoms with Gasteiger partial charge in [-0.25, -0.2) is 9.59 Å². The predicted molar refractivity (Wildman–Crippen MR) is 104 cm³/mol. The van der Waals surface area contributed by atoms with Crippen LogP contribution < -0.4 is 4.74 Å². The van der Waals surface area contributed by atoms with E-state index in [0.29, 0.717) is 10.0 Å². The molecule has 0 unspecified atom stereocenters. The van der Waals surface area contributed by atoms with Crippen LogP contribution in [0.3, 0.4) is 0 Å². The Kier molecular flexibility index (Phi) is 7.27. The Labute approximate surface area is 175 Å². The first-order chi connectivity index (χ1) is 13.8. The molecule has 0 aliphatic carbocycles. The molecule has 9 nitrogen and oxygen atoms in total. The maximum atomic E-state index is 12.5. The Morgan fingerprint density at radius 3 is 2.00 bits per heavy atom. The molecule has 0 spiro atoms. The molecule has 1 aliphatic heterocycles. The van der Waals surface area contributed by atoms with E-state index < -0.39 is 23.8 Å². The zero-order chi connectivity index (χ0) is 21.7. The fourth-order valence-corrected chi connectivity index (χ4v) is 3.33. The van der Waals surface area contributed by atoms with Crippen LogP contribution >= 0.6 is 15.9 Å². The molecule has 0 aromatic heterocycles. The lowest BCUT2D eigenvalue weighted by Gasteiger charge is -2.29. The van der Waals surface area contributed by atoms with Gasteiger partial charge in [0.1, 0.15) is 6.54 Å². The highest BCUT2D eigenvalue weighted by molar-refractivity contribution is 9.10. The summed E-state index contributed by atoms with van der Waals surface area (Å²) in [5, 5.41) is 10.1. The number of ether oxygens (including phenoxy) is 4. The maximum Gasteiger partial charge on any atom is 0.336 e. The molecule has 1 N–H and O–H groups in total. The van der Waals surface area contributed by atoms with Crippen LogP contribution in [0, 0.1) is 0 Å². The van der Waals surface area contributed by atoms with Crippen molar-refractivity contribution in [3.05, 3.63) is 45.7 Å². The number of carbonyl (C=O) groups is 3. The van der Waals surface area contributed by atoms with E-state index in [1.54, 1.807) is 6.07 Å². The van der Waals surface area contributed by atoms with Crippen molar-refractivity contribution in [3.63, 3.8) is 0 Å². The number of nitrogens with zero attached hydrogens (tertiary/aromatic N) is 1. The zero-order valence-electron chi connectivity index (χ0n) is 16.2. The Balaban J connectivity index is 2.68. The van der Waals surface area contributed by atoms with Crippen LogP contribution in [0.25, 0.3) is 0 Å². The molecule has 1 aliphatic rings. The molecule has 0 bridgehead atoms. The highest BCUT2D eigenvalue weighted by Crippen LogP contribution is 2.43. The standard InChI is InChI=1S/C19H20BrNO8/c1-26-14-6-10(5-13(20)17(14)23)16-11(18(24)28-3)7-21(9-15(22)27-2)8-12(16)19(25)29-4/h5-8,16,23H,9H2,1-4H3. The van der Waals surface area contributed by atoms with Crippen molar-refractivity contribution in [1.82, 2.24) is 4.90 Å². The van der Waals surface area contributed by atoms with Crippen molar-refractivity contribution >= 4 is 33.8 Å². The first kappa shape index (κ1) is 22.3. The van der Waals surface area contributed by atoms with Gasteiger partial charge in [-0.3, -0.25) is 4.79 Å². The van der Waals surface area contributed by atoms with Crippen molar-refractivity contribution in [2.75, 3.05) is 35.0 Å². The maximum absolute atomic E-state index is 12.5. The molecular formula is C19H20BrNO8. The van der Waals surface area contributed by atoms with Crippen molar-refractivity contribution in [2.45, 2.75) is 5.92 Å². The number of hydrogen-bond acceptors (Lipinski definition) is 9. The van der Waals surface area contributed by atoms with Gasteiger partial charge in [-0.2, -0.15) is 0 Å². The second-order valence-corrected chi connectivity index (χ2v) is 6.74. The molecule has 1 aromatic carbocycles. The Morgan fingerprint density at radius 1 is 1.00 bits per heavy atom. The molecule has 0 radical (unpaired) electrons. The molecule has 10 heteroatoms. The molecule has 0 saturated heterocycles. The summed E-state index contributed by atoms with van der Waals surface area (Å²) in [6.07, 6.45) is 2.79. The van der Waals surface area contributed by atoms with Gasteiger partial charge in [0.2, 0.25) is 0 Å². The summed E-state index contributed by atoms with van der Waals surface area (Å²) in [6.45, 7) is -0.229. The van der Waals surface area contributed by atoms with Crippen LogP contribution in [0.1, 0.15) is 11.5 Å². The lowest BCUT2D eigenvalue weighted by molar-refractivity contribution is -0.142. The van der Waals surface area contributed by atoms with Crippen molar-refractivity contribution in [3.8, 4) is 11.5 Å². The summed E-state index contributed by atoms with van der Waals surface area (Å²) >= 11 is 3.23. The highest BCUT2D eigenvalue weighted by Gasteiger charge is 2.36. The van der Waals surface area contributed by atoms with E-state index in [-0.39, 0.29) is 29.2 Å². The molecule has 0 fully saturated rings. The highest BCUT2D eigenvalue weighted by atomic mass is 79.9. The number of esters is 3. The molecule has 2 rings (SSSR count). The average molecular weight is 470 g/mol. The van der Waals surface area contributed by atoms with Crippen LogP contribution in [-0.2, 0) is 28.6 Å². The molecule has 156 valence electrons. The van der Waals surface area contributed by atoms with Gasteiger partial charge in [0, 0.05) is 12.4 Å². The lowest BCUT2D eigenvalue weighted by atomic mass is 9.83. The van der Waals surface area contributed by atoms with E-state index >= 15 is 0 Å². The summed E-state index contributed by atoms with van der Waals surface area (Å²) in [4.78, 5) is 38.0. The first-order valence-corrected chi connectivity index (χ1v) is 9.05. The summed E-state index contributed by atoms with van der Waals surface area (Å²) in [7, 11) is 5.01. The van der Waals surface area contributed by atoms with E-state index in [1.165, 1.54) is 51.8 Å². The Bertz CT molecular complexity index is 858. The van der Waals surface area contributed by atoms with Crippen LogP contribution in [-0.4, -0.2) is 62.9 Å². The van der Waals surface area contributed by atoms with Crippen LogP contribution in [0.15, 0.2) is 40.2 Å². The van der Waals surface area contributed by atoms with Gasteiger partial charge < -0.3 is 29.0 Å². The fraction of sp³-hybridized carbons (Fsp3) is 0.316. The number of halogens is 1. The van der Waals surface area contributed by atoms with Gasteiger partial charge in [-0.1, -0.05) is 0 Å². The van der Waals surface area contributed by atoms with E-state index in [2.05, 4.69) is 20.7 Å². The smallest absolute Gasteiger partial charge is 0.336 e. The third-order valence-electron chi connectivity index (χ3n) is 4.22. The minimum Gasteiger partial charge on any atom is -0.503 e. The SMILES string of the molecule is COC(=O)CN1C=C(C(=O)OC)C(c2cc(Br)c(O)c(OC)c2)C(C(=O)OC)=C1. The van der Waals surface area contributed by atoms with Gasteiger partial charge in [0.15, 0.2) is 11.5 Å². The minimum atomic E-state index is -0.894. The third-order valence-corrected chi connectivity index (χ3v) is 4.82. The summed E-state index contributed by atoms with van der Waals surface area (Å²) < 4.78 is 19.9. The Morgan fingerprint density at radius 2 is 1.55 bits per heavy atom. The first-order valence-electron chi connectivity index (χ1n) is 8.26. The fourth-order valence-electron chi connectivity index (χ4n) is 2.87. The summed E-state index contributed by atoms with van der Waals surface area (Å²) in [5.74, 6) is -2.87. The normalized spacial score (nSPS) is 13.9. The monoisotopic (exact) mass is 469 g/mol. The van der Waals surface area contributed by atoms with Gasteiger partial charge in [0.25, 0.3) is 0 Å². The second-order valence-electron chi connectivity index (χ2n) is 5.89. The van der Waals surface area contributed by atoms with Gasteiger partial charge in [-0.15, -0.1) is 0 Å². The zero-order valence-corrected chi connectivity index (χ0v) is 17.8. The molecule has 1 heterocycles. The van der Waals surface area contributed by atoms with Crippen LogP contribution in [0.4, 0.5) is 0 Å². The van der Waals surface area contributed by atoms with E-state index in [0.717, 1.165) is 0 Å². The number of aromatic hydroxyl groups is 1. The van der Waals surface area contributed by atoms with Gasteiger partial charge in [0.05, 0.1) is 50.0 Å². The molecule has 0 atom stereocenters. The number of phenols is 1. The summed E-state index contributed by atoms with van der Waals surface area (Å²) in [6, 6.07) is 3.04. The number of carbonyl (C=O) groups excluding carboxylic acids is 3. The second kappa shape index (κ2) is 9.46. The van der Waals surface area contributed by atoms with Crippen molar-refractivity contribution in [2.24, 2.45) is 0 Å². The van der Waals surface area contributed by atoms with Crippen LogP contribution in [0.5, 0.6) is 11.5 Å². The predicted octanol–water partition coefficient (Wildman–Crippen LogP) is 1.85. The van der Waals surface area contributed by atoms with E-state index in [9.17, 15) is 19.5 Å². The molecule has 1 aromatic rings. The van der Waals surface area contributed by atoms with Gasteiger partial charge in [-0.05, 0) is 33.6 Å². The third kappa shape index (κ3) is 4.70. The molecule has 0 amide bonds. The Hall–Kier alpha value is -3.01. The minimum absolute atomic E-state index is 0.0824. The topological polar surface area (TPSA) is 112 Å².